The Kier molecular flexibility index (Phi) is 13.1. The number of carbonyl (C=O) groups excluding carboxylic acids is 2. The van der Waals surface area contributed by atoms with E-state index in [-0.39, 0.29) is 96.2 Å². The van der Waals surface area contributed by atoms with Crippen LogP contribution >= 0.6 is 22.9 Å². The number of aromatic nitrogens is 4. The molecule has 0 spiro atoms. The number of nitrogen functional groups attached to an aromatic ring is 1. The molecular formula is C56H53ClF2N10O7S. The minimum absolute atomic E-state index is 0.00164. The van der Waals surface area contributed by atoms with E-state index in [1.165, 1.54) is 12.1 Å². The van der Waals surface area contributed by atoms with Gasteiger partial charge in [0, 0.05) is 59.0 Å². The summed E-state index contributed by atoms with van der Waals surface area (Å²) >= 11 is 7.93. The number of ether oxygens (including phenoxy) is 3. The monoisotopic (exact) mass is 1080 g/mol. The lowest BCUT2D eigenvalue weighted by Crippen LogP contribution is -2.50. The Bertz CT molecular complexity index is 3770. The van der Waals surface area contributed by atoms with E-state index in [2.05, 4.69) is 16.3 Å². The minimum atomic E-state index is -1.55. The van der Waals surface area contributed by atoms with Crippen molar-refractivity contribution in [3.8, 4) is 40.3 Å². The van der Waals surface area contributed by atoms with Crippen LogP contribution in [0.3, 0.4) is 0 Å². The quantitative estimate of drug-likeness (QED) is 0.0577. The topological polar surface area (TPSA) is 214 Å². The van der Waals surface area contributed by atoms with Crippen LogP contribution in [0.4, 0.5) is 19.6 Å². The molecule has 3 saturated heterocycles. The highest BCUT2D eigenvalue weighted by atomic mass is 35.5. The van der Waals surface area contributed by atoms with E-state index in [4.69, 9.17) is 46.5 Å². The maximum atomic E-state index is 17.5. The Morgan fingerprint density at radius 2 is 1.83 bits per heavy atom. The molecular weight excluding hydrogens is 1030 g/mol. The van der Waals surface area contributed by atoms with Crippen molar-refractivity contribution in [3.63, 3.8) is 0 Å². The lowest BCUT2D eigenvalue weighted by atomic mass is 9.95. The van der Waals surface area contributed by atoms with Crippen molar-refractivity contribution < 1.29 is 37.7 Å². The molecule has 3 fully saturated rings. The number of fused-ring (bicyclic) bond motifs is 8. The van der Waals surface area contributed by atoms with Crippen molar-refractivity contribution in [1.29, 1.82) is 5.26 Å². The van der Waals surface area contributed by atoms with E-state index in [0.29, 0.717) is 91.6 Å². The van der Waals surface area contributed by atoms with Crippen molar-refractivity contribution in [2.45, 2.75) is 70.2 Å². The first-order valence-corrected chi connectivity index (χ1v) is 27.1. The van der Waals surface area contributed by atoms with Gasteiger partial charge in [-0.25, -0.2) is 18.6 Å². The Morgan fingerprint density at radius 1 is 1.04 bits per heavy atom. The number of nitrogens with two attached hydrogens (primary N) is 1. The second-order valence-electron chi connectivity index (χ2n) is 20.2. The lowest BCUT2D eigenvalue weighted by molar-refractivity contribution is -0.157. The molecule has 3 aromatic carbocycles. The van der Waals surface area contributed by atoms with Crippen LogP contribution in [0, 0.1) is 23.0 Å². The van der Waals surface area contributed by atoms with Crippen molar-refractivity contribution in [2.75, 3.05) is 76.7 Å². The molecule has 1 amide bonds. The standard InChI is InChI=1S/C56H53ClF2N10O7S/c1-3-31-33-21-30(8-11-41(33)63-46-37(31)25-69-42(46)23-34-38(53(69)72)27-75-54(73)48(34)70)74-26-29(7-4-14-62-2)52(71)67-19-17-66(18-20-67)51-35-22-39(57)44(32-9-10-40(58)49-43(32)36(24-60)50(61)77-49)45(59)47(35)64-55(65-51)76-28-56-12-5-15-68(56)16-6-13-56/h7-11,21-23,48,62,70H,3-6,12-20,25-28,61H2,1-2H3/b29-7+. The summed E-state index contributed by atoms with van der Waals surface area (Å²) < 4.78 is 52.4. The van der Waals surface area contributed by atoms with E-state index >= 15 is 8.78 Å². The largest absolute Gasteiger partial charge is 0.489 e. The van der Waals surface area contributed by atoms with Crippen LogP contribution in [0.15, 0.2) is 58.9 Å². The van der Waals surface area contributed by atoms with Gasteiger partial charge in [-0.15, -0.1) is 11.3 Å². The first kappa shape index (κ1) is 50.5. The highest BCUT2D eigenvalue weighted by Crippen LogP contribution is 2.47. The molecule has 9 heterocycles. The van der Waals surface area contributed by atoms with Gasteiger partial charge in [0.2, 0.25) is 0 Å². The molecule has 4 aromatic heterocycles. The number of nitrogens with zero attached hydrogens (tertiary/aromatic N) is 8. The van der Waals surface area contributed by atoms with Gasteiger partial charge in [0.15, 0.2) is 11.9 Å². The summed E-state index contributed by atoms with van der Waals surface area (Å²) in [5.41, 5.74) is 10.4. The number of aliphatic hydroxyl groups excluding tert-OH is 1. The summed E-state index contributed by atoms with van der Waals surface area (Å²) in [7, 11) is 1.84. The number of carbonyl (C=O) groups is 2. The number of piperazine rings is 1. The molecule has 77 heavy (non-hydrogen) atoms. The van der Waals surface area contributed by atoms with E-state index < -0.39 is 23.7 Å². The third-order valence-electron chi connectivity index (χ3n) is 16.0. The normalized spacial score (nSPS) is 17.9. The molecule has 1 atom stereocenters. The Morgan fingerprint density at radius 3 is 2.58 bits per heavy atom. The van der Waals surface area contributed by atoms with Crippen molar-refractivity contribution in [1.82, 2.24) is 34.6 Å². The number of pyridine rings is 2. The van der Waals surface area contributed by atoms with Crippen LogP contribution in [0.1, 0.15) is 72.9 Å². The molecule has 0 saturated carbocycles. The van der Waals surface area contributed by atoms with Gasteiger partial charge in [0.25, 0.3) is 11.5 Å². The first-order valence-electron chi connectivity index (χ1n) is 25.9. The predicted molar refractivity (Wildman–Crippen MR) is 288 cm³/mol. The van der Waals surface area contributed by atoms with E-state index in [1.807, 2.05) is 37.1 Å². The zero-order valence-electron chi connectivity index (χ0n) is 42.3. The van der Waals surface area contributed by atoms with Crippen LogP contribution in [-0.2, 0) is 33.9 Å². The molecule has 396 valence electrons. The number of anilines is 2. The van der Waals surface area contributed by atoms with Crippen LogP contribution in [-0.4, -0.2) is 118 Å². The van der Waals surface area contributed by atoms with Gasteiger partial charge < -0.3 is 44.7 Å². The van der Waals surface area contributed by atoms with Crippen molar-refractivity contribution in [3.05, 3.63) is 109 Å². The summed E-state index contributed by atoms with van der Waals surface area (Å²) in [6.45, 7) is 6.24. The number of nitrogens with one attached hydrogen (secondary N) is 1. The van der Waals surface area contributed by atoms with Crippen LogP contribution < -0.4 is 31.0 Å². The maximum absolute atomic E-state index is 17.5. The molecule has 5 aliphatic rings. The number of benzene rings is 3. The van der Waals surface area contributed by atoms with E-state index in [0.717, 1.165) is 66.6 Å². The average molecular weight is 1080 g/mol. The number of nitriles is 1. The molecule has 0 radical (unpaired) electrons. The number of rotatable bonds is 13. The van der Waals surface area contributed by atoms with Crippen LogP contribution in [0.5, 0.6) is 11.8 Å². The molecule has 1 unspecified atom stereocenters. The smallest absolute Gasteiger partial charge is 0.340 e. The molecule has 5 aliphatic heterocycles. The average Bonchev–Trinajstić information content (AvgIpc) is 4.23. The molecule has 0 bridgehead atoms. The number of hydrogen-bond donors (Lipinski definition) is 3. The number of aryl methyl sites for hydroxylation is 1. The van der Waals surface area contributed by atoms with Gasteiger partial charge in [-0.2, -0.15) is 15.2 Å². The fourth-order valence-electron chi connectivity index (χ4n) is 12.1. The summed E-state index contributed by atoms with van der Waals surface area (Å²) in [6.07, 6.45) is 5.57. The number of aliphatic hydroxyl groups is 1. The van der Waals surface area contributed by atoms with E-state index in [1.54, 1.807) is 27.7 Å². The molecule has 4 N–H and O–H groups in total. The Hall–Kier alpha value is -7.28. The van der Waals surface area contributed by atoms with Crippen molar-refractivity contribution in [2.24, 2.45) is 0 Å². The number of halogens is 3. The summed E-state index contributed by atoms with van der Waals surface area (Å²) in [4.78, 5) is 61.2. The Balaban J connectivity index is 0.814. The number of thiophene rings is 1. The van der Waals surface area contributed by atoms with Crippen LogP contribution in [0.2, 0.25) is 5.02 Å². The Labute approximate surface area is 449 Å². The van der Waals surface area contributed by atoms with Gasteiger partial charge in [-0.3, -0.25) is 14.5 Å². The van der Waals surface area contributed by atoms with Gasteiger partial charge in [0.1, 0.15) is 53.8 Å². The predicted octanol–water partition coefficient (Wildman–Crippen LogP) is 7.56. The summed E-state index contributed by atoms with van der Waals surface area (Å²) in [6, 6.07) is 13.5. The zero-order chi connectivity index (χ0) is 53.4. The fourth-order valence-corrected chi connectivity index (χ4v) is 13.4. The second-order valence-corrected chi connectivity index (χ2v) is 21.7. The van der Waals surface area contributed by atoms with Gasteiger partial charge in [-0.05, 0) is 113 Å². The van der Waals surface area contributed by atoms with E-state index in [9.17, 15) is 24.8 Å². The highest BCUT2D eigenvalue weighted by Gasteiger charge is 2.45. The molecule has 7 aromatic rings. The second kappa shape index (κ2) is 19.9. The minimum Gasteiger partial charge on any atom is -0.489 e. The van der Waals surface area contributed by atoms with Gasteiger partial charge in [-0.1, -0.05) is 30.7 Å². The third-order valence-corrected chi connectivity index (χ3v) is 17.4. The fraction of sp³-hybridized carbons (Fsp3) is 0.375. The molecule has 21 heteroatoms. The third kappa shape index (κ3) is 8.50. The van der Waals surface area contributed by atoms with Gasteiger partial charge >= 0.3 is 12.0 Å². The van der Waals surface area contributed by atoms with Gasteiger partial charge in [0.05, 0.1) is 55.4 Å². The molecule has 0 aliphatic carbocycles. The number of cyclic esters (lactones) is 1. The SMILES string of the molecule is CCc1c2c(nc3ccc(OC/C(=C\CCNC)C(=O)N4CCN(c5nc(OCC67CCCN6CCC7)nc6c(F)c(-c7ccc(F)c8sc(N)c(C#N)c78)c(Cl)cc56)CC4)cc13)-c1cc3c(c(=O)n1C2)COC(=O)C3O. The van der Waals surface area contributed by atoms with Crippen LogP contribution in [0.25, 0.3) is 54.4 Å². The molecule has 17 nitrogen and oxygen atoms in total. The van der Waals surface area contributed by atoms with Crippen molar-refractivity contribution >= 4 is 77.5 Å². The lowest BCUT2D eigenvalue weighted by Gasteiger charge is -2.36. The number of hydrogen-bond acceptors (Lipinski definition) is 16. The summed E-state index contributed by atoms with van der Waals surface area (Å²) in [5.74, 6) is -1.46. The number of amides is 1. The summed E-state index contributed by atoms with van der Waals surface area (Å²) in [5, 5.41) is 25.3. The highest BCUT2D eigenvalue weighted by molar-refractivity contribution is 7.23. The first-order chi connectivity index (χ1) is 37.3. The zero-order valence-corrected chi connectivity index (χ0v) is 43.9. The number of esters is 1. The maximum Gasteiger partial charge on any atom is 0.340 e. The molecule has 12 rings (SSSR count).